The smallest absolute Gasteiger partial charge is 0.220 e. The molecule has 0 aromatic carbocycles. The molecule has 0 aromatic heterocycles. The summed E-state index contributed by atoms with van der Waals surface area (Å²) in [6, 6.07) is 0. The minimum atomic E-state index is -0.831. The number of hydrogen-bond acceptors (Lipinski definition) is 4. The average Bonchev–Trinajstić information content (AvgIpc) is 2.23. The van der Waals surface area contributed by atoms with Crippen molar-refractivity contribution in [3.63, 3.8) is 0 Å². The first-order chi connectivity index (χ1) is 7.41. The number of methoxy groups -OCH3 is 1. The number of hydrogen-bond donors (Lipinski definition) is 2. The first-order valence-corrected chi connectivity index (χ1v) is 6.81. The first-order valence-electron chi connectivity index (χ1n) is 5.42. The van der Waals surface area contributed by atoms with Crippen molar-refractivity contribution in [1.29, 1.82) is 0 Å². The van der Waals surface area contributed by atoms with Gasteiger partial charge in [-0.05, 0) is 26.5 Å². The Balaban J connectivity index is 3.72. The summed E-state index contributed by atoms with van der Waals surface area (Å²) in [4.78, 5) is 11.4. The van der Waals surface area contributed by atoms with Gasteiger partial charge in [-0.3, -0.25) is 4.79 Å². The predicted molar refractivity (Wildman–Crippen MR) is 67.7 cm³/mol. The Labute approximate surface area is 102 Å². The summed E-state index contributed by atoms with van der Waals surface area (Å²) in [7, 11) is 1.63. The monoisotopic (exact) mass is 249 g/mol. The molecule has 0 bridgehead atoms. The Morgan fingerprint density at radius 1 is 1.62 bits per heavy atom. The van der Waals surface area contributed by atoms with E-state index in [1.165, 1.54) is 0 Å². The van der Waals surface area contributed by atoms with Crippen LogP contribution in [0.1, 0.15) is 26.7 Å². The maximum Gasteiger partial charge on any atom is 0.220 e. The van der Waals surface area contributed by atoms with Crippen molar-refractivity contribution in [3.05, 3.63) is 0 Å². The average molecular weight is 249 g/mol. The molecule has 0 fully saturated rings. The summed E-state index contributed by atoms with van der Waals surface area (Å²) in [5.41, 5.74) is -0.831. The standard InChI is InChI=1S/C11H23NO3S/c1-9(15-3)5-6-10(13)12-7-11(2,14)8-16-4/h9,14H,5-8H2,1-4H3,(H,12,13). The van der Waals surface area contributed by atoms with Gasteiger partial charge in [-0.25, -0.2) is 0 Å². The van der Waals surface area contributed by atoms with E-state index in [-0.39, 0.29) is 12.0 Å². The van der Waals surface area contributed by atoms with Crippen LogP contribution in [-0.2, 0) is 9.53 Å². The Hall–Kier alpha value is -0.260. The van der Waals surface area contributed by atoms with Crippen molar-refractivity contribution in [1.82, 2.24) is 5.32 Å². The van der Waals surface area contributed by atoms with Crippen LogP contribution in [0.3, 0.4) is 0 Å². The number of thioether (sulfide) groups is 1. The van der Waals surface area contributed by atoms with Crippen LogP contribution in [0.25, 0.3) is 0 Å². The van der Waals surface area contributed by atoms with Gasteiger partial charge in [0.15, 0.2) is 0 Å². The second-order valence-electron chi connectivity index (χ2n) is 4.29. The molecule has 0 heterocycles. The number of carbonyl (C=O) groups excluding carboxylic acids is 1. The number of aliphatic hydroxyl groups is 1. The van der Waals surface area contributed by atoms with Crippen molar-refractivity contribution in [2.24, 2.45) is 0 Å². The SMILES string of the molecule is COC(C)CCC(=O)NCC(C)(O)CSC. The summed E-state index contributed by atoms with van der Waals surface area (Å²) in [5, 5.41) is 12.6. The molecule has 0 radical (unpaired) electrons. The van der Waals surface area contributed by atoms with Crippen LogP contribution in [0.15, 0.2) is 0 Å². The zero-order valence-electron chi connectivity index (χ0n) is 10.6. The molecule has 0 aromatic rings. The van der Waals surface area contributed by atoms with Crippen LogP contribution in [0.5, 0.6) is 0 Å². The molecule has 0 aliphatic heterocycles. The summed E-state index contributed by atoms with van der Waals surface area (Å²) in [6.45, 7) is 3.95. The number of ether oxygens (including phenoxy) is 1. The molecule has 96 valence electrons. The fraction of sp³-hybridized carbons (Fsp3) is 0.909. The third-order valence-electron chi connectivity index (χ3n) is 2.30. The van der Waals surface area contributed by atoms with Gasteiger partial charge in [0.25, 0.3) is 0 Å². The maximum absolute atomic E-state index is 11.4. The fourth-order valence-corrected chi connectivity index (χ4v) is 1.92. The van der Waals surface area contributed by atoms with Crippen LogP contribution in [0.4, 0.5) is 0 Å². The van der Waals surface area contributed by atoms with E-state index >= 15 is 0 Å². The molecule has 0 saturated heterocycles. The third kappa shape index (κ3) is 7.96. The zero-order valence-corrected chi connectivity index (χ0v) is 11.4. The van der Waals surface area contributed by atoms with Gasteiger partial charge in [-0.1, -0.05) is 0 Å². The van der Waals surface area contributed by atoms with E-state index in [0.29, 0.717) is 25.1 Å². The van der Waals surface area contributed by atoms with Gasteiger partial charge >= 0.3 is 0 Å². The Morgan fingerprint density at radius 2 is 2.25 bits per heavy atom. The maximum atomic E-state index is 11.4. The van der Waals surface area contributed by atoms with Gasteiger partial charge in [0, 0.05) is 25.8 Å². The van der Waals surface area contributed by atoms with Gasteiger partial charge in [0.1, 0.15) is 0 Å². The van der Waals surface area contributed by atoms with Gasteiger partial charge in [0.2, 0.25) is 5.91 Å². The van der Waals surface area contributed by atoms with Crippen LogP contribution in [-0.4, -0.2) is 48.4 Å². The Morgan fingerprint density at radius 3 is 2.75 bits per heavy atom. The highest BCUT2D eigenvalue weighted by Gasteiger charge is 2.20. The molecular formula is C11H23NO3S. The van der Waals surface area contributed by atoms with E-state index < -0.39 is 5.60 Å². The normalized spacial score (nSPS) is 16.6. The van der Waals surface area contributed by atoms with Crippen molar-refractivity contribution in [2.75, 3.05) is 25.7 Å². The lowest BCUT2D eigenvalue weighted by atomic mass is 10.1. The highest BCUT2D eigenvalue weighted by atomic mass is 32.2. The largest absolute Gasteiger partial charge is 0.387 e. The molecule has 1 amide bonds. The number of nitrogens with one attached hydrogen (secondary N) is 1. The molecular weight excluding hydrogens is 226 g/mol. The Bertz CT molecular complexity index is 209. The van der Waals surface area contributed by atoms with E-state index in [9.17, 15) is 9.90 Å². The zero-order chi connectivity index (χ0) is 12.6. The predicted octanol–water partition coefficient (Wildman–Crippen LogP) is 1.03. The molecule has 4 nitrogen and oxygen atoms in total. The van der Waals surface area contributed by atoms with Crippen molar-refractivity contribution in [2.45, 2.75) is 38.4 Å². The van der Waals surface area contributed by atoms with Crippen LogP contribution >= 0.6 is 11.8 Å². The quantitative estimate of drug-likeness (QED) is 0.674. The summed E-state index contributed by atoms with van der Waals surface area (Å²) in [6.07, 6.45) is 3.16. The molecule has 16 heavy (non-hydrogen) atoms. The molecule has 2 N–H and O–H groups in total. The lowest BCUT2D eigenvalue weighted by Crippen LogP contribution is -2.42. The first kappa shape index (κ1) is 15.7. The van der Waals surface area contributed by atoms with Crippen LogP contribution in [0.2, 0.25) is 0 Å². The molecule has 0 aliphatic rings. The molecule has 0 saturated carbocycles. The minimum absolute atomic E-state index is 0.0368. The number of carbonyl (C=O) groups is 1. The lowest BCUT2D eigenvalue weighted by molar-refractivity contribution is -0.122. The topological polar surface area (TPSA) is 58.6 Å². The van der Waals surface area contributed by atoms with E-state index in [1.54, 1.807) is 25.8 Å². The Kier molecular flexibility index (Phi) is 7.80. The highest BCUT2D eigenvalue weighted by Crippen LogP contribution is 2.09. The number of amides is 1. The van der Waals surface area contributed by atoms with E-state index in [2.05, 4.69) is 5.32 Å². The lowest BCUT2D eigenvalue weighted by Gasteiger charge is -2.22. The van der Waals surface area contributed by atoms with E-state index in [1.807, 2.05) is 13.2 Å². The molecule has 0 aliphatic carbocycles. The summed E-state index contributed by atoms with van der Waals surface area (Å²) in [5.74, 6) is 0.576. The van der Waals surface area contributed by atoms with Crippen molar-refractivity contribution in [3.8, 4) is 0 Å². The molecule has 0 spiro atoms. The number of rotatable bonds is 8. The molecule has 5 heteroatoms. The van der Waals surface area contributed by atoms with Gasteiger partial charge in [0.05, 0.1) is 11.7 Å². The summed E-state index contributed by atoms with van der Waals surface area (Å²) >= 11 is 1.56. The van der Waals surface area contributed by atoms with Gasteiger partial charge < -0.3 is 15.2 Å². The summed E-state index contributed by atoms with van der Waals surface area (Å²) < 4.78 is 5.05. The fourth-order valence-electron chi connectivity index (χ4n) is 1.19. The molecule has 2 unspecified atom stereocenters. The van der Waals surface area contributed by atoms with Crippen LogP contribution < -0.4 is 5.32 Å². The second kappa shape index (κ2) is 7.92. The molecule has 2 atom stereocenters. The van der Waals surface area contributed by atoms with Crippen molar-refractivity contribution < 1.29 is 14.6 Å². The second-order valence-corrected chi connectivity index (χ2v) is 5.16. The van der Waals surface area contributed by atoms with Gasteiger partial charge in [-0.2, -0.15) is 11.8 Å². The minimum Gasteiger partial charge on any atom is -0.387 e. The van der Waals surface area contributed by atoms with Crippen molar-refractivity contribution >= 4 is 17.7 Å². The molecule has 0 rings (SSSR count). The van der Waals surface area contributed by atoms with Gasteiger partial charge in [-0.15, -0.1) is 0 Å². The highest BCUT2D eigenvalue weighted by molar-refractivity contribution is 7.98. The van der Waals surface area contributed by atoms with E-state index in [0.717, 1.165) is 0 Å². The van der Waals surface area contributed by atoms with E-state index in [4.69, 9.17) is 4.74 Å². The van der Waals surface area contributed by atoms with Crippen LogP contribution in [0, 0.1) is 0 Å². The third-order valence-corrected chi connectivity index (χ3v) is 3.21.